The minimum atomic E-state index is -3.73. The molecule has 0 radical (unpaired) electrons. The maximum absolute atomic E-state index is 13.3. The Morgan fingerprint density at radius 2 is 1.67 bits per heavy atom. The Labute approximate surface area is 232 Å². The van der Waals surface area contributed by atoms with E-state index in [1.165, 1.54) is 45.5 Å². The van der Waals surface area contributed by atoms with Gasteiger partial charge in [-0.2, -0.15) is 14.1 Å². The fourth-order valence-corrected chi connectivity index (χ4v) is 6.71. The van der Waals surface area contributed by atoms with Gasteiger partial charge in [0.1, 0.15) is 5.82 Å². The minimum absolute atomic E-state index is 0.137. The number of rotatable bonds is 8. The lowest BCUT2D eigenvalue weighted by atomic mass is 10.1. The van der Waals surface area contributed by atoms with Crippen LogP contribution >= 0.6 is 11.3 Å². The van der Waals surface area contributed by atoms with Crippen LogP contribution in [0.1, 0.15) is 39.7 Å². The van der Waals surface area contributed by atoms with E-state index in [0.29, 0.717) is 23.1 Å². The van der Waals surface area contributed by atoms with Crippen molar-refractivity contribution in [3.8, 4) is 5.13 Å². The summed E-state index contributed by atoms with van der Waals surface area (Å²) >= 11 is 1.50. The Morgan fingerprint density at radius 1 is 0.974 bits per heavy atom. The SMILES string of the molecule is CCN(Cc1ccccc1)S(=O)(=O)c1ccc(C(=O)Nc2cc(C)nn2-c2nc3cc(C)c(C)cc3s2)cc1. The molecular formula is C29H29N5O3S2. The standard InChI is InChI=1S/C29H29N5O3S2/c1-5-33(18-22-9-7-6-8-10-22)39(36,37)24-13-11-23(12-14-24)28(35)31-27-17-21(4)32-34(27)29-30-25-15-19(2)20(3)16-26(25)38-29/h6-17H,5,18H2,1-4H3,(H,31,35). The molecule has 5 rings (SSSR count). The fourth-order valence-electron chi connectivity index (χ4n) is 4.26. The summed E-state index contributed by atoms with van der Waals surface area (Å²) in [7, 11) is -3.73. The molecule has 0 aliphatic rings. The van der Waals surface area contributed by atoms with E-state index in [9.17, 15) is 13.2 Å². The number of nitrogens with zero attached hydrogens (tertiary/aromatic N) is 4. The maximum atomic E-state index is 13.3. The molecule has 5 aromatic rings. The average Bonchev–Trinajstić information content (AvgIpc) is 3.50. The summed E-state index contributed by atoms with van der Waals surface area (Å²) in [6, 6.07) is 21.4. The summed E-state index contributed by atoms with van der Waals surface area (Å²) < 4.78 is 30.6. The van der Waals surface area contributed by atoms with Crippen LogP contribution in [0.5, 0.6) is 0 Å². The van der Waals surface area contributed by atoms with Gasteiger partial charge < -0.3 is 5.32 Å². The summed E-state index contributed by atoms with van der Waals surface area (Å²) in [6.07, 6.45) is 0. The van der Waals surface area contributed by atoms with Gasteiger partial charge in [0, 0.05) is 24.7 Å². The number of carbonyl (C=O) groups excluding carboxylic acids is 1. The van der Waals surface area contributed by atoms with Crippen LogP contribution in [-0.2, 0) is 16.6 Å². The van der Waals surface area contributed by atoms with E-state index in [-0.39, 0.29) is 17.3 Å². The van der Waals surface area contributed by atoms with Crippen molar-refractivity contribution in [3.05, 3.63) is 101 Å². The normalized spacial score (nSPS) is 11.8. The molecule has 0 aliphatic heterocycles. The van der Waals surface area contributed by atoms with Gasteiger partial charge in [0.05, 0.1) is 20.8 Å². The van der Waals surface area contributed by atoms with E-state index in [2.05, 4.69) is 36.4 Å². The summed E-state index contributed by atoms with van der Waals surface area (Å²) in [5.41, 5.74) is 5.21. The first-order valence-corrected chi connectivity index (χ1v) is 14.8. The largest absolute Gasteiger partial charge is 0.306 e. The van der Waals surface area contributed by atoms with Crippen LogP contribution < -0.4 is 5.32 Å². The summed E-state index contributed by atoms with van der Waals surface area (Å²) in [4.78, 5) is 18.0. The molecule has 1 N–H and O–H groups in total. The highest BCUT2D eigenvalue weighted by molar-refractivity contribution is 7.89. The Balaban J connectivity index is 1.36. The number of aromatic nitrogens is 3. The van der Waals surface area contributed by atoms with Crippen molar-refractivity contribution in [2.75, 3.05) is 11.9 Å². The van der Waals surface area contributed by atoms with E-state index >= 15 is 0 Å². The van der Waals surface area contributed by atoms with Crippen LogP contribution in [0.2, 0.25) is 0 Å². The summed E-state index contributed by atoms with van der Waals surface area (Å²) in [6.45, 7) is 8.38. The van der Waals surface area contributed by atoms with Crippen molar-refractivity contribution >= 4 is 43.3 Å². The molecule has 0 bridgehead atoms. The number of thiazole rings is 1. The smallest absolute Gasteiger partial charge is 0.256 e. The molecule has 3 aromatic carbocycles. The Morgan fingerprint density at radius 3 is 2.36 bits per heavy atom. The van der Waals surface area contributed by atoms with E-state index in [4.69, 9.17) is 4.98 Å². The number of nitrogens with one attached hydrogen (secondary N) is 1. The quantitative estimate of drug-likeness (QED) is 0.256. The number of benzene rings is 3. The third-order valence-electron chi connectivity index (χ3n) is 6.56. The Bertz CT molecular complexity index is 1720. The second-order valence-electron chi connectivity index (χ2n) is 9.38. The zero-order valence-corrected chi connectivity index (χ0v) is 23.8. The van der Waals surface area contributed by atoms with Crippen molar-refractivity contribution in [2.24, 2.45) is 0 Å². The molecule has 200 valence electrons. The van der Waals surface area contributed by atoms with Crippen LogP contribution in [0.25, 0.3) is 15.3 Å². The van der Waals surface area contributed by atoms with Crippen molar-refractivity contribution in [3.63, 3.8) is 0 Å². The van der Waals surface area contributed by atoms with Crippen molar-refractivity contribution < 1.29 is 13.2 Å². The molecule has 10 heteroatoms. The van der Waals surface area contributed by atoms with Gasteiger partial charge in [0.25, 0.3) is 5.91 Å². The van der Waals surface area contributed by atoms with Gasteiger partial charge in [0.2, 0.25) is 15.2 Å². The number of amides is 1. The predicted octanol–water partition coefficient (Wildman–Crippen LogP) is 5.87. The number of sulfonamides is 1. The third-order valence-corrected chi connectivity index (χ3v) is 9.48. The van der Waals surface area contributed by atoms with Crippen LogP contribution in [0, 0.1) is 20.8 Å². The topological polar surface area (TPSA) is 97.2 Å². The van der Waals surface area contributed by atoms with E-state index in [1.807, 2.05) is 37.3 Å². The van der Waals surface area contributed by atoms with Gasteiger partial charge in [-0.05, 0) is 73.9 Å². The first-order valence-electron chi connectivity index (χ1n) is 12.6. The summed E-state index contributed by atoms with van der Waals surface area (Å²) in [5, 5.41) is 8.10. The first kappa shape index (κ1) is 26.7. The number of aryl methyl sites for hydroxylation is 3. The molecule has 0 aliphatic carbocycles. The molecule has 0 unspecified atom stereocenters. The molecule has 8 nitrogen and oxygen atoms in total. The zero-order valence-electron chi connectivity index (χ0n) is 22.2. The van der Waals surface area contributed by atoms with Crippen molar-refractivity contribution in [1.82, 2.24) is 19.1 Å². The fraction of sp³-hybridized carbons (Fsp3) is 0.207. The van der Waals surface area contributed by atoms with E-state index in [0.717, 1.165) is 27.0 Å². The number of carbonyl (C=O) groups is 1. The van der Waals surface area contributed by atoms with Gasteiger partial charge in [0.15, 0.2) is 0 Å². The second kappa shape index (κ2) is 10.7. The highest BCUT2D eigenvalue weighted by Crippen LogP contribution is 2.29. The number of fused-ring (bicyclic) bond motifs is 1. The highest BCUT2D eigenvalue weighted by atomic mass is 32.2. The molecule has 0 saturated heterocycles. The van der Waals surface area contributed by atoms with Crippen LogP contribution in [0.3, 0.4) is 0 Å². The van der Waals surface area contributed by atoms with Gasteiger partial charge in [-0.3, -0.25) is 4.79 Å². The molecule has 0 saturated carbocycles. The van der Waals surface area contributed by atoms with E-state index in [1.54, 1.807) is 17.7 Å². The molecule has 2 heterocycles. The van der Waals surface area contributed by atoms with Gasteiger partial charge in [-0.15, -0.1) is 0 Å². The van der Waals surface area contributed by atoms with Crippen LogP contribution in [0.15, 0.2) is 77.7 Å². The van der Waals surface area contributed by atoms with Crippen molar-refractivity contribution in [2.45, 2.75) is 39.1 Å². The molecule has 39 heavy (non-hydrogen) atoms. The lowest BCUT2D eigenvalue weighted by Crippen LogP contribution is -2.30. The number of hydrogen-bond donors (Lipinski definition) is 1. The predicted molar refractivity (Wildman–Crippen MR) is 155 cm³/mol. The van der Waals surface area contributed by atoms with Gasteiger partial charge in [-0.1, -0.05) is 48.6 Å². The van der Waals surface area contributed by atoms with E-state index < -0.39 is 10.0 Å². The Hall–Kier alpha value is -3.86. The highest BCUT2D eigenvalue weighted by Gasteiger charge is 2.24. The average molecular weight is 560 g/mol. The molecule has 0 atom stereocenters. The molecule has 0 fully saturated rings. The van der Waals surface area contributed by atoms with Crippen LogP contribution in [0.4, 0.5) is 5.82 Å². The second-order valence-corrected chi connectivity index (χ2v) is 12.3. The first-order chi connectivity index (χ1) is 18.7. The lowest BCUT2D eigenvalue weighted by Gasteiger charge is -2.20. The van der Waals surface area contributed by atoms with Gasteiger partial charge in [-0.25, -0.2) is 13.4 Å². The number of anilines is 1. The third kappa shape index (κ3) is 5.49. The minimum Gasteiger partial charge on any atom is -0.306 e. The van der Waals surface area contributed by atoms with Gasteiger partial charge >= 0.3 is 0 Å². The van der Waals surface area contributed by atoms with Crippen LogP contribution in [-0.4, -0.2) is 39.9 Å². The lowest BCUT2D eigenvalue weighted by molar-refractivity contribution is 0.102. The molecule has 1 amide bonds. The Kier molecular flexibility index (Phi) is 7.35. The number of hydrogen-bond acceptors (Lipinski definition) is 6. The molecule has 2 aromatic heterocycles. The maximum Gasteiger partial charge on any atom is 0.256 e. The summed E-state index contributed by atoms with van der Waals surface area (Å²) in [5.74, 6) is 0.117. The zero-order chi connectivity index (χ0) is 27.7. The molecule has 0 spiro atoms. The van der Waals surface area contributed by atoms with Crippen molar-refractivity contribution in [1.29, 1.82) is 0 Å². The monoisotopic (exact) mass is 559 g/mol. The molecular weight excluding hydrogens is 530 g/mol.